The standard InChI is InChI=1S/C18H15F3N6O2/c1-7-5-12(18(19,20)21)23-15-13(7)16-22-10(6-11(17(28)29)27(16)25-15)14-8(2)24-26(4)9(14)3/h5-6H,1-4H3,(H,28,29). The Morgan fingerprint density at radius 2 is 1.79 bits per heavy atom. The first kappa shape index (κ1) is 18.8. The quantitative estimate of drug-likeness (QED) is 0.550. The number of halogens is 3. The lowest BCUT2D eigenvalue weighted by molar-refractivity contribution is -0.141. The van der Waals surface area contributed by atoms with Crippen LogP contribution in [0.15, 0.2) is 12.1 Å². The van der Waals surface area contributed by atoms with Gasteiger partial charge in [0.25, 0.3) is 0 Å². The van der Waals surface area contributed by atoms with Gasteiger partial charge in [-0.1, -0.05) is 0 Å². The van der Waals surface area contributed by atoms with Crippen molar-refractivity contribution in [2.75, 3.05) is 0 Å². The summed E-state index contributed by atoms with van der Waals surface area (Å²) >= 11 is 0. The zero-order valence-electron chi connectivity index (χ0n) is 15.8. The second kappa shape index (κ2) is 6.00. The largest absolute Gasteiger partial charge is 0.477 e. The highest BCUT2D eigenvalue weighted by Crippen LogP contribution is 2.33. The van der Waals surface area contributed by atoms with Crippen molar-refractivity contribution < 1.29 is 23.1 Å². The van der Waals surface area contributed by atoms with Crippen LogP contribution in [-0.2, 0) is 13.2 Å². The van der Waals surface area contributed by atoms with Gasteiger partial charge in [-0.05, 0) is 38.5 Å². The third-order valence-corrected chi connectivity index (χ3v) is 4.82. The SMILES string of the molecule is Cc1nn(C)c(C)c1-c1cc(C(=O)O)n2nc3nc(C(F)(F)F)cc(C)c3c2n1. The molecule has 0 radical (unpaired) electrons. The van der Waals surface area contributed by atoms with E-state index in [4.69, 9.17) is 0 Å². The fourth-order valence-electron chi connectivity index (χ4n) is 3.43. The highest BCUT2D eigenvalue weighted by molar-refractivity contribution is 5.97. The highest BCUT2D eigenvalue weighted by Gasteiger charge is 2.34. The minimum Gasteiger partial charge on any atom is -0.477 e. The molecule has 0 aliphatic rings. The van der Waals surface area contributed by atoms with Crippen LogP contribution in [0, 0.1) is 20.8 Å². The lowest BCUT2D eigenvalue weighted by Gasteiger charge is -2.07. The minimum absolute atomic E-state index is 0.122. The molecule has 0 spiro atoms. The van der Waals surface area contributed by atoms with Crippen molar-refractivity contribution in [1.82, 2.24) is 29.4 Å². The van der Waals surface area contributed by atoms with Crippen LogP contribution >= 0.6 is 0 Å². The Hall–Kier alpha value is -3.50. The Morgan fingerprint density at radius 3 is 2.34 bits per heavy atom. The zero-order valence-corrected chi connectivity index (χ0v) is 15.8. The van der Waals surface area contributed by atoms with E-state index in [1.807, 2.05) is 6.92 Å². The number of pyridine rings is 1. The van der Waals surface area contributed by atoms with E-state index in [9.17, 15) is 23.1 Å². The van der Waals surface area contributed by atoms with Crippen LogP contribution in [0.3, 0.4) is 0 Å². The monoisotopic (exact) mass is 404 g/mol. The number of hydrogen-bond donors (Lipinski definition) is 1. The van der Waals surface area contributed by atoms with Crippen molar-refractivity contribution in [2.45, 2.75) is 26.9 Å². The molecular weight excluding hydrogens is 389 g/mol. The average Bonchev–Trinajstić information content (AvgIpc) is 3.10. The Labute approximate surface area is 161 Å². The number of nitrogens with zero attached hydrogens (tertiary/aromatic N) is 6. The molecule has 29 heavy (non-hydrogen) atoms. The summed E-state index contributed by atoms with van der Waals surface area (Å²) < 4.78 is 42.0. The summed E-state index contributed by atoms with van der Waals surface area (Å²) in [5.41, 5.74) is 1.24. The van der Waals surface area contributed by atoms with Crippen LogP contribution in [-0.4, -0.2) is 40.4 Å². The van der Waals surface area contributed by atoms with E-state index in [0.717, 1.165) is 16.3 Å². The van der Waals surface area contributed by atoms with Gasteiger partial charge in [-0.15, -0.1) is 5.10 Å². The number of carbonyl (C=O) groups is 1. The van der Waals surface area contributed by atoms with E-state index in [0.29, 0.717) is 17.0 Å². The molecule has 0 atom stereocenters. The molecule has 0 saturated heterocycles. The number of aryl methyl sites for hydroxylation is 3. The summed E-state index contributed by atoms with van der Waals surface area (Å²) in [6.07, 6.45) is -4.65. The fourth-order valence-corrected chi connectivity index (χ4v) is 3.43. The first-order chi connectivity index (χ1) is 13.5. The van der Waals surface area contributed by atoms with Crippen molar-refractivity contribution in [3.63, 3.8) is 0 Å². The number of rotatable bonds is 2. The number of alkyl halides is 3. The van der Waals surface area contributed by atoms with Crippen molar-refractivity contribution >= 4 is 22.6 Å². The molecule has 0 amide bonds. The van der Waals surface area contributed by atoms with Gasteiger partial charge in [0.15, 0.2) is 17.0 Å². The van der Waals surface area contributed by atoms with Crippen molar-refractivity contribution in [2.24, 2.45) is 7.05 Å². The molecular formula is C18H15F3N6O2. The van der Waals surface area contributed by atoms with Crippen molar-refractivity contribution in [3.8, 4) is 11.3 Å². The first-order valence-electron chi connectivity index (χ1n) is 8.51. The van der Waals surface area contributed by atoms with E-state index >= 15 is 0 Å². The summed E-state index contributed by atoms with van der Waals surface area (Å²) in [6.45, 7) is 5.07. The smallest absolute Gasteiger partial charge is 0.433 e. The maximum atomic E-state index is 13.1. The number of carboxylic acid groups (broad SMARTS) is 1. The van der Waals surface area contributed by atoms with Gasteiger partial charge in [0.2, 0.25) is 0 Å². The van der Waals surface area contributed by atoms with Gasteiger partial charge in [-0.25, -0.2) is 19.3 Å². The zero-order chi connectivity index (χ0) is 21.2. The van der Waals surface area contributed by atoms with Gasteiger partial charge in [-0.3, -0.25) is 4.68 Å². The van der Waals surface area contributed by atoms with Crippen LogP contribution in [0.4, 0.5) is 13.2 Å². The molecule has 0 aliphatic carbocycles. The summed E-state index contributed by atoms with van der Waals surface area (Å²) in [5.74, 6) is -1.29. The number of aromatic carboxylic acids is 1. The lowest BCUT2D eigenvalue weighted by Crippen LogP contribution is -2.09. The van der Waals surface area contributed by atoms with Crippen molar-refractivity contribution in [3.05, 3.63) is 40.5 Å². The Kier molecular flexibility index (Phi) is 3.90. The molecule has 0 saturated carbocycles. The van der Waals surface area contributed by atoms with E-state index < -0.39 is 17.8 Å². The molecule has 150 valence electrons. The summed E-state index contributed by atoms with van der Waals surface area (Å²) in [5, 5.41) is 18.2. The van der Waals surface area contributed by atoms with Crippen LogP contribution < -0.4 is 0 Å². The molecule has 4 rings (SSSR count). The second-order valence-electron chi connectivity index (χ2n) is 6.76. The number of carboxylic acids is 1. The normalized spacial score (nSPS) is 12.2. The van der Waals surface area contributed by atoms with Gasteiger partial charge < -0.3 is 5.11 Å². The molecule has 0 bridgehead atoms. The van der Waals surface area contributed by atoms with Gasteiger partial charge in [0.1, 0.15) is 5.69 Å². The predicted molar refractivity (Wildman–Crippen MR) is 96.7 cm³/mol. The number of hydrogen-bond acceptors (Lipinski definition) is 5. The van der Waals surface area contributed by atoms with E-state index in [1.54, 1.807) is 18.7 Å². The molecule has 0 fully saturated rings. The Bertz CT molecular complexity index is 1320. The molecule has 11 heteroatoms. The average molecular weight is 404 g/mol. The van der Waals surface area contributed by atoms with Crippen LogP contribution in [0.1, 0.15) is 33.1 Å². The topological polar surface area (TPSA) is 98.2 Å². The predicted octanol–water partition coefficient (Wildman–Crippen LogP) is 3.32. The van der Waals surface area contributed by atoms with Crippen LogP contribution in [0.5, 0.6) is 0 Å². The van der Waals surface area contributed by atoms with E-state index in [1.165, 1.54) is 13.0 Å². The third-order valence-electron chi connectivity index (χ3n) is 4.82. The van der Waals surface area contributed by atoms with Crippen LogP contribution in [0.2, 0.25) is 0 Å². The number of aromatic nitrogens is 6. The second-order valence-corrected chi connectivity index (χ2v) is 6.76. The van der Waals surface area contributed by atoms with E-state index in [2.05, 4.69) is 20.2 Å². The van der Waals surface area contributed by atoms with Crippen LogP contribution in [0.25, 0.3) is 27.9 Å². The van der Waals surface area contributed by atoms with E-state index in [-0.39, 0.29) is 27.9 Å². The van der Waals surface area contributed by atoms with Gasteiger partial charge in [0, 0.05) is 18.3 Å². The molecule has 0 aromatic carbocycles. The van der Waals surface area contributed by atoms with Gasteiger partial charge in [-0.2, -0.15) is 18.3 Å². The van der Waals surface area contributed by atoms with Gasteiger partial charge >= 0.3 is 12.1 Å². The first-order valence-corrected chi connectivity index (χ1v) is 8.51. The van der Waals surface area contributed by atoms with Gasteiger partial charge in [0.05, 0.1) is 16.8 Å². The number of fused-ring (bicyclic) bond motifs is 3. The molecule has 1 N–H and O–H groups in total. The molecule has 8 nitrogen and oxygen atoms in total. The summed E-state index contributed by atoms with van der Waals surface area (Å²) in [4.78, 5) is 20.0. The fraction of sp³-hybridized carbons (Fsp3) is 0.278. The molecule has 4 aromatic heterocycles. The maximum absolute atomic E-state index is 13.1. The summed E-state index contributed by atoms with van der Waals surface area (Å²) in [7, 11) is 1.75. The Balaban J connectivity index is 2.13. The van der Waals surface area contributed by atoms with Crippen molar-refractivity contribution in [1.29, 1.82) is 0 Å². The minimum atomic E-state index is -4.65. The molecule has 4 aromatic rings. The molecule has 0 unspecified atom stereocenters. The molecule has 0 aliphatic heterocycles. The Morgan fingerprint density at radius 1 is 1.10 bits per heavy atom. The third kappa shape index (κ3) is 2.80. The summed E-state index contributed by atoms with van der Waals surface area (Å²) in [6, 6.07) is 2.23. The maximum Gasteiger partial charge on any atom is 0.433 e. The molecule has 4 heterocycles. The lowest BCUT2D eigenvalue weighted by atomic mass is 10.1. The highest BCUT2D eigenvalue weighted by atomic mass is 19.4.